The molecule has 0 atom stereocenters. The first-order valence-corrected chi connectivity index (χ1v) is 9.91. The van der Waals surface area contributed by atoms with E-state index in [1.807, 2.05) is 0 Å². The molecule has 1 aromatic heterocycles. The fourth-order valence-electron chi connectivity index (χ4n) is 1.71. The second kappa shape index (κ2) is 8.09. The zero-order chi connectivity index (χ0) is 18.8. The standard InChI is InChI=1S/C14H9BrCl3NO5S/c1-2-23-14(20)7-3-9(16)12(10(17)4-7)24-25(21,22)11-5-8(15)6-19-13(11)18/h3-6H,2H2,1H3. The van der Waals surface area contributed by atoms with Crippen molar-refractivity contribution < 1.29 is 22.1 Å². The number of pyridine rings is 1. The second-order valence-corrected chi connectivity index (χ2v) is 8.07. The molecule has 0 N–H and O–H groups in total. The number of benzene rings is 1. The van der Waals surface area contributed by atoms with Crippen LogP contribution in [0.25, 0.3) is 0 Å². The van der Waals surface area contributed by atoms with Crippen molar-refractivity contribution in [2.45, 2.75) is 11.8 Å². The molecule has 2 aromatic rings. The summed E-state index contributed by atoms with van der Waals surface area (Å²) in [7, 11) is -4.36. The van der Waals surface area contributed by atoms with E-state index < -0.39 is 16.1 Å². The molecule has 0 aliphatic rings. The first kappa shape index (κ1) is 20.3. The number of nitrogens with zero attached hydrogens (tertiary/aromatic N) is 1. The van der Waals surface area contributed by atoms with Crippen LogP contribution in [0.5, 0.6) is 5.75 Å². The average molecular weight is 490 g/mol. The van der Waals surface area contributed by atoms with Crippen molar-refractivity contribution in [1.29, 1.82) is 0 Å². The quantitative estimate of drug-likeness (QED) is 0.343. The van der Waals surface area contributed by atoms with Crippen LogP contribution in [0.15, 0.2) is 33.8 Å². The molecule has 0 saturated carbocycles. The van der Waals surface area contributed by atoms with E-state index in [-0.39, 0.29) is 38.0 Å². The van der Waals surface area contributed by atoms with Crippen molar-refractivity contribution in [3.05, 3.63) is 49.6 Å². The van der Waals surface area contributed by atoms with Gasteiger partial charge in [-0.15, -0.1) is 0 Å². The van der Waals surface area contributed by atoms with Gasteiger partial charge in [0.05, 0.1) is 22.2 Å². The SMILES string of the molecule is CCOC(=O)c1cc(Cl)c(OS(=O)(=O)c2cc(Br)cnc2Cl)c(Cl)c1. The Balaban J connectivity index is 2.43. The normalized spacial score (nSPS) is 11.2. The molecule has 1 aromatic carbocycles. The number of rotatable bonds is 5. The maximum absolute atomic E-state index is 12.4. The Kier molecular flexibility index (Phi) is 6.56. The minimum absolute atomic E-state index is 0.0590. The molecule has 0 unspecified atom stereocenters. The highest BCUT2D eigenvalue weighted by Crippen LogP contribution is 2.37. The molecule has 11 heteroatoms. The van der Waals surface area contributed by atoms with Crippen LogP contribution < -0.4 is 4.18 Å². The maximum atomic E-state index is 12.4. The number of hydrogen-bond acceptors (Lipinski definition) is 6. The van der Waals surface area contributed by atoms with Gasteiger partial charge in [0.1, 0.15) is 4.90 Å². The predicted octanol–water partition coefficient (Wildman–Crippen LogP) is 4.75. The van der Waals surface area contributed by atoms with Gasteiger partial charge in [0.2, 0.25) is 0 Å². The molecule has 0 bridgehead atoms. The van der Waals surface area contributed by atoms with E-state index in [1.54, 1.807) is 6.92 Å². The first-order chi connectivity index (χ1) is 11.7. The van der Waals surface area contributed by atoms with Crippen LogP contribution in [-0.2, 0) is 14.9 Å². The molecule has 0 spiro atoms. The van der Waals surface area contributed by atoms with Crippen molar-refractivity contribution in [2.24, 2.45) is 0 Å². The highest BCUT2D eigenvalue weighted by atomic mass is 79.9. The van der Waals surface area contributed by atoms with Gasteiger partial charge in [-0.3, -0.25) is 0 Å². The molecule has 0 saturated heterocycles. The summed E-state index contributed by atoms with van der Waals surface area (Å²) >= 11 is 20.9. The number of hydrogen-bond donors (Lipinski definition) is 0. The summed E-state index contributed by atoms with van der Waals surface area (Å²) < 4.78 is 35.1. The summed E-state index contributed by atoms with van der Waals surface area (Å²) in [4.78, 5) is 15.1. The van der Waals surface area contributed by atoms with Gasteiger partial charge in [0.25, 0.3) is 0 Å². The van der Waals surface area contributed by atoms with Crippen molar-refractivity contribution >= 4 is 66.8 Å². The molecule has 134 valence electrons. The lowest BCUT2D eigenvalue weighted by Crippen LogP contribution is -2.12. The molecule has 0 aliphatic heterocycles. The third kappa shape index (κ3) is 4.77. The third-order valence-electron chi connectivity index (χ3n) is 2.75. The molecular formula is C14H9BrCl3NO5S. The van der Waals surface area contributed by atoms with E-state index in [0.717, 1.165) is 0 Å². The lowest BCUT2D eigenvalue weighted by Gasteiger charge is -2.12. The lowest BCUT2D eigenvalue weighted by atomic mass is 10.2. The largest absolute Gasteiger partial charge is 0.462 e. The summed E-state index contributed by atoms with van der Waals surface area (Å²) in [5.74, 6) is -0.993. The molecule has 1 heterocycles. The molecule has 25 heavy (non-hydrogen) atoms. The van der Waals surface area contributed by atoms with Gasteiger partial charge in [0, 0.05) is 10.7 Å². The highest BCUT2D eigenvalue weighted by molar-refractivity contribution is 9.10. The van der Waals surface area contributed by atoms with Gasteiger partial charge in [-0.2, -0.15) is 8.42 Å². The number of carbonyl (C=O) groups excluding carboxylic acids is 1. The van der Waals surface area contributed by atoms with E-state index in [1.165, 1.54) is 24.4 Å². The minimum atomic E-state index is -4.36. The van der Waals surface area contributed by atoms with Crippen molar-refractivity contribution in [1.82, 2.24) is 4.98 Å². The van der Waals surface area contributed by atoms with E-state index in [0.29, 0.717) is 4.47 Å². The zero-order valence-electron chi connectivity index (χ0n) is 12.4. The molecule has 2 rings (SSSR count). The zero-order valence-corrected chi connectivity index (χ0v) is 17.1. The van der Waals surface area contributed by atoms with Crippen LogP contribution in [0.1, 0.15) is 17.3 Å². The van der Waals surface area contributed by atoms with Crippen LogP contribution in [0.4, 0.5) is 0 Å². The summed E-state index contributed by atoms with van der Waals surface area (Å²) in [5, 5.41) is -0.644. The van der Waals surface area contributed by atoms with E-state index >= 15 is 0 Å². The number of carbonyl (C=O) groups is 1. The van der Waals surface area contributed by atoms with Gasteiger partial charge >= 0.3 is 16.1 Å². The molecule has 0 amide bonds. The van der Waals surface area contributed by atoms with Crippen LogP contribution in [0.2, 0.25) is 15.2 Å². The number of ether oxygens (including phenoxy) is 1. The van der Waals surface area contributed by atoms with E-state index in [4.69, 9.17) is 43.7 Å². The summed E-state index contributed by atoms with van der Waals surface area (Å²) in [6.07, 6.45) is 1.33. The first-order valence-electron chi connectivity index (χ1n) is 6.57. The Hall–Kier alpha value is -1.06. The van der Waals surface area contributed by atoms with Crippen LogP contribution >= 0.6 is 50.7 Å². The molecule has 0 aliphatic carbocycles. The number of aromatic nitrogens is 1. The van der Waals surface area contributed by atoms with Gasteiger partial charge in [-0.25, -0.2) is 9.78 Å². The van der Waals surface area contributed by atoms with Crippen molar-refractivity contribution in [3.8, 4) is 5.75 Å². The minimum Gasteiger partial charge on any atom is -0.462 e. The van der Waals surface area contributed by atoms with Gasteiger partial charge in [0.15, 0.2) is 10.9 Å². The highest BCUT2D eigenvalue weighted by Gasteiger charge is 2.25. The number of halogens is 4. The monoisotopic (exact) mass is 487 g/mol. The molecule has 0 radical (unpaired) electrons. The average Bonchev–Trinajstić information content (AvgIpc) is 2.53. The molecular weight excluding hydrogens is 480 g/mol. The van der Waals surface area contributed by atoms with Crippen molar-refractivity contribution in [3.63, 3.8) is 0 Å². The fourth-order valence-corrected chi connectivity index (χ4v) is 4.25. The topological polar surface area (TPSA) is 82.6 Å². The Morgan fingerprint density at radius 3 is 2.36 bits per heavy atom. The fraction of sp³-hybridized carbons (Fsp3) is 0.143. The maximum Gasteiger partial charge on any atom is 0.342 e. The summed E-state index contributed by atoms with van der Waals surface area (Å²) in [6, 6.07) is 3.60. The Bertz CT molecular complexity index is 913. The van der Waals surface area contributed by atoms with Crippen molar-refractivity contribution in [2.75, 3.05) is 6.61 Å². The third-order valence-corrected chi connectivity index (χ3v) is 5.39. The van der Waals surface area contributed by atoms with Gasteiger partial charge in [-0.1, -0.05) is 34.8 Å². The smallest absolute Gasteiger partial charge is 0.342 e. The Morgan fingerprint density at radius 1 is 1.20 bits per heavy atom. The Morgan fingerprint density at radius 2 is 1.80 bits per heavy atom. The summed E-state index contributed by atoms with van der Waals surface area (Å²) in [6.45, 7) is 1.80. The van der Waals surface area contributed by atoms with E-state index in [9.17, 15) is 13.2 Å². The van der Waals surface area contributed by atoms with Crippen LogP contribution in [0.3, 0.4) is 0 Å². The molecule has 6 nitrogen and oxygen atoms in total. The second-order valence-electron chi connectivity index (χ2n) is 4.47. The lowest BCUT2D eigenvalue weighted by molar-refractivity contribution is 0.0526. The van der Waals surface area contributed by atoms with E-state index in [2.05, 4.69) is 20.9 Å². The molecule has 0 fully saturated rings. The van der Waals surface area contributed by atoms with Crippen LogP contribution in [-0.4, -0.2) is 26.0 Å². The van der Waals surface area contributed by atoms with Crippen LogP contribution in [0, 0.1) is 0 Å². The van der Waals surface area contributed by atoms with Gasteiger partial charge in [-0.05, 0) is 41.1 Å². The number of esters is 1. The van der Waals surface area contributed by atoms with Gasteiger partial charge < -0.3 is 8.92 Å². The Labute approximate surface area is 167 Å². The predicted molar refractivity (Wildman–Crippen MR) is 97.2 cm³/mol. The summed E-state index contributed by atoms with van der Waals surface area (Å²) in [5.41, 5.74) is 0.0590.